The van der Waals surface area contributed by atoms with Crippen LogP contribution >= 0.6 is 0 Å². The third-order valence-electron chi connectivity index (χ3n) is 7.56. The Kier molecular flexibility index (Phi) is 8.19. The van der Waals surface area contributed by atoms with Crippen LogP contribution in [-0.4, -0.2) is 83.8 Å². The van der Waals surface area contributed by atoms with Crippen molar-refractivity contribution < 1.29 is 23.7 Å². The molecule has 1 aliphatic carbocycles. The Hall–Kier alpha value is -2.77. The van der Waals surface area contributed by atoms with Crippen LogP contribution in [0.15, 0.2) is 24.3 Å². The topological polar surface area (TPSA) is 60.5 Å². The van der Waals surface area contributed by atoms with E-state index in [2.05, 4.69) is 41.1 Å². The number of rotatable bonds is 11. The average Bonchev–Trinajstić information content (AvgIpc) is 3.08. The predicted octanol–water partition coefficient (Wildman–Crippen LogP) is 3.35. The lowest BCUT2D eigenvalue weighted by atomic mass is 9.77. The number of benzene rings is 2. The van der Waals surface area contributed by atoms with Gasteiger partial charge < -0.3 is 28.6 Å². The highest BCUT2D eigenvalue weighted by molar-refractivity contribution is 5.58. The zero-order valence-corrected chi connectivity index (χ0v) is 21.6. The average molecular weight is 483 g/mol. The summed E-state index contributed by atoms with van der Waals surface area (Å²) < 4.78 is 21.9. The highest BCUT2D eigenvalue weighted by atomic mass is 16.5. The van der Waals surface area contributed by atoms with Crippen molar-refractivity contribution in [3.63, 3.8) is 0 Å². The van der Waals surface area contributed by atoms with E-state index in [1.165, 1.54) is 22.3 Å². The Morgan fingerprint density at radius 2 is 1.40 bits per heavy atom. The maximum Gasteiger partial charge on any atom is 0.161 e. The molecule has 1 aliphatic heterocycles. The van der Waals surface area contributed by atoms with E-state index in [-0.39, 0.29) is 6.04 Å². The summed E-state index contributed by atoms with van der Waals surface area (Å²) in [5.74, 6) is 3.60. The smallest absolute Gasteiger partial charge is 0.161 e. The Morgan fingerprint density at radius 1 is 0.886 bits per heavy atom. The van der Waals surface area contributed by atoms with Gasteiger partial charge in [0.15, 0.2) is 23.0 Å². The molecule has 7 nitrogen and oxygen atoms in total. The van der Waals surface area contributed by atoms with Gasteiger partial charge in [-0.1, -0.05) is 0 Å². The molecule has 0 amide bonds. The molecule has 35 heavy (non-hydrogen) atoms. The van der Waals surface area contributed by atoms with Crippen LogP contribution in [0.4, 0.5) is 0 Å². The molecular formula is C28H38N2O5. The molecular weight excluding hydrogens is 444 g/mol. The maximum atomic E-state index is 12.1. The van der Waals surface area contributed by atoms with Crippen LogP contribution in [0.5, 0.6) is 23.0 Å². The molecule has 0 aromatic heterocycles. The summed E-state index contributed by atoms with van der Waals surface area (Å²) in [6.07, 6.45) is 4.81. The summed E-state index contributed by atoms with van der Waals surface area (Å²) in [6, 6.07) is 8.30. The molecule has 7 heteroatoms. The zero-order chi connectivity index (χ0) is 24.9. The second-order valence-electron chi connectivity index (χ2n) is 9.57. The second-order valence-corrected chi connectivity index (χ2v) is 9.57. The van der Waals surface area contributed by atoms with Crippen molar-refractivity contribution in [1.82, 2.24) is 9.80 Å². The highest BCUT2D eigenvalue weighted by Crippen LogP contribution is 2.42. The molecule has 1 heterocycles. The van der Waals surface area contributed by atoms with E-state index < -0.39 is 0 Å². The minimum Gasteiger partial charge on any atom is -0.493 e. The molecule has 2 aliphatic rings. The van der Waals surface area contributed by atoms with Gasteiger partial charge in [-0.25, -0.2) is 0 Å². The summed E-state index contributed by atoms with van der Waals surface area (Å²) in [4.78, 5) is 16.7. The molecule has 0 saturated carbocycles. The monoisotopic (exact) mass is 482 g/mol. The van der Waals surface area contributed by atoms with Crippen LogP contribution in [0.25, 0.3) is 0 Å². The first-order chi connectivity index (χ1) is 17.0. The SMILES string of the molecule is COc1cc2c(cc1OC)CCN(C(C=O)CCN(C)C[C@H]1Cc3cc(OC)c(OC)cc31)CC2. The largest absolute Gasteiger partial charge is 0.493 e. The van der Waals surface area contributed by atoms with Gasteiger partial charge in [-0.3, -0.25) is 4.90 Å². The molecule has 2 aromatic rings. The maximum absolute atomic E-state index is 12.1. The lowest BCUT2D eigenvalue weighted by Crippen LogP contribution is -2.41. The summed E-state index contributed by atoms with van der Waals surface area (Å²) >= 11 is 0. The number of ether oxygens (including phenoxy) is 4. The van der Waals surface area contributed by atoms with Crippen LogP contribution in [0.2, 0.25) is 0 Å². The van der Waals surface area contributed by atoms with Crippen LogP contribution in [0.1, 0.15) is 34.6 Å². The Morgan fingerprint density at radius 3 is 1.91 bits per heavy atom. The number of likely N-dealkylation sites (N-methyl/N-ethyl adjacent to an activating group) is 1. The van der Waals surface area contributed by atoms with E-state index in [9.17, 15) is 4.79 Å². The van der Waals surface area contributed by atoms with Crippen molar-refractivity contribution in [2.24, 2.45) is 0 Å². The first kappa shape index (κ1) is 25.3. The molecule has 0 radical (unpaired) electrons. The fourth-order valence-corrected chi connectivity index (χ4v) is 5.46. The molecule has 1 unspecified atom stereocenters. The minimum atomic E-state index is -0.0754. The Labute approximate surface area is 208 Å². The highest BCUT2D eigenvalue weighted by Gasteiger charge is 2.30. The van der Waals surface area contributed by atoms with E-state index >= 15 is 0 Å². The third-order valence-corrected chi connectivity index (χ3v) is 7.56. The molecule has 0 spiro atoms. The summed E-state index contributed by atoms with van der Waals surface area (Å²) in [5.41, 5.74) is 5.24. The van der Waals surface area contributed by atoms with Gasteiger partial charge >= 0.3 is 0 Å². The Bertz CT molecular complexity index is 1010. The fourth-order valence-electron chi connectivity index (χ4n) is 5.46. The van der Waals surface area contributed by atoms with Gasteiger partial charge in [0.2, 0.25) is 0 Å². The van der Waals surface area contributed by atoms with Crippen molar-refractivity contribution in [2.75, 3.05) is 61.7 Å². The van der Waals surface area contributed by atoms with Gasteiger partial charge in [-0.2, -0.15) is 0 Å². The number of carbonyl (C=O) groups excluding carboxylic acids is 1. The number of hydrogen-bond acceptors (Lipinski definition) is 7. The first-order valence-corrected chi connectivity index (χ1v) is 12.4. The standard InChI is InChI=1S/C28H38N2O5/c1-29(17-22-12-21-15-27(34-4)28(35-5)16-24(21)22)9-8-23(18-31)30-10-6-19-13-25(32-2)26(33-3)14-20(19)7-11-30/h13-16,18,22-23H,6-12,17H2,1-5H3/t22-,23?/m1/s1. The summed E-state index contributed by atoms with van der Waals surface area (Å²) in [5, 5.41) is 0. The molecule has 0 N–H and O–H groups in total. The van der Waals surface area contributed by atoms with Gasteiger partial charge in [-0.15, -0.1) is 0 Å². The van der Waals surface area contributed by atoms with Gasteiger partial charge in [-0.05, 0) is 85.8 Å². The predicted molar refractivity (Wildman–Crippen MR) is 136 cm³/mol. The van der Waals surface area contributed by atoms with E-state index in [0.717, 1.165) is 81.1 Å². The third kappa shape index (κ3) is 5.41. The van der Waals surface area contributed by atoms with Gasteiger partial charge in [0, 0.05) is 25.6 Å². The Balaban J connectivity index is 1.32. The molecule has 4 rings (SSSR count). The molecule has 0 bridgehead atoms. The molecule has 2 atom stereocenters. The van der Waals surface area contributed by atoms with E-state index in [4.69, 9.17) is 18.9 Å². The second kappa shape index (κ2) is 11.3. The fraction of sp³-hybridized carbons (Fsp3) is 0.536. The van der Waals surface area contributed by atoms with Gasteiger partial charge in [0.1, 0.15) is 6.29 Å². The zero-order valence-electron chi connectivity index (χ0n) is 21.6. The van der Waals surface area contributed by atoms with Crippen LogP contribution in [-0.2, 0) is 24.1 Å². The number of fused-ring (bicyclic) bond motifs is 2. The van der Waals surface area contributed by atoms with E-state index in [1.807, 2.05) is 0 Å². The quantitative estimate of drug-likeness (QED) is 0.455. The molecule has 0 fully saturated rings. The van der Waals surface area contributed by atoms with Crippen molar-refractivity contribution >= 4 is 6.29 Å². The summed E-state index contributed by atoms with van der Waals surface area (Å²) in [6.45, 7) is 3.59. The number of aldehydes is 1. The van der Waals surface area contributed by atoms with Crippen molar-refractivity contribution in [2.45, 2.75) is 37.6 Å². The normalized spacial score (nSPS) is 18.1. The lowest BCUT2D eigenvalue weighted by Gasteiger charge is -2.35. The van der Waals surface area contributed by atoms with Crippen LogP contribution in [0.3, 0.4) is 0 Å². The van der Waals surface area contributed by atoms with Gasteiger partial charge in [0.05, 0.1) is 34.5 Å². The summed E-state index contributed by atoms with van der Waals surface area (Å²) in [7, 11) is 8.84. The first-order valence-electron chi connectivity index (χ1n) is 12.4. The number of nitrogens with zero attached hydrogens (tertiary/aromatic N) is 2. The van der Waals surface area contributed by atoms with E-state index in [1.54, 1.807) is 28.4 Å². The van der Waals surface area contributed by atoms with Crippen LogP contribution in [0, 0.1) is 0 Å². The van der Waals surface area contributed by atoms with Crippen molar-refractivity contribution in [3.8, 4) is 23.0 Å². The van der Waals surface area contributed by atoms with Crippen molar-refractivity contribution in [1.29, 1.82) is 0 Å². The molecule has 0 saturated heterocycles. The molecule has 190 valence electrons. The van der Waals surface area contributed by atoms with E-state index in [0.29, 0.717) is 5.92 Å². The van der Waals surface area contributed by atoms with Gasteiger partial charge in [0.25, 0.3) is 0 Å². The number of carbonyl (C=O) groups is 1. The van der Waals surface area contributed by atoms with Crippen molar-refractivity contribution in [3.05, 3.63) is 46.5 Å². The lowest BCUT2D eigenvalue weighted by molar-refractivity contribution is -0.112. The number of methoxy groups -OCH3 is 4. The molecule has 2 aromatic carbocycles. The number of hydrogen-bond donors (Lipinski definition) is 0. The minimum absolute atomic E-state index is 0.0754. The van der Waals surface area contributed by atoms with Crippen LogP contribution < -0.4 is 18.9 Å².